The molecule has 1 unspecified atom stereocenters. The summed E-state index contributed by atoms with van der Waals surface area (Å²) in [4.78, 5) is 10.1. The van der Waals surface area contributed by atoms with Crippen LogP contribution in [0, 0.1) is 0 Å². The summed E-state index contributed by atoms with van der Waals surface area (Å²) in [6, 6.07) is 0. The molecule has 0 saturated heterocycles. The Hall–Kier alpha value is -0.780. The molecule has 2 nitrogen and oxygen atoms in total. The normalized spacial score (nSPS) is 16.4. The number of alkyl halides is 10. The standard InChI is InChI=1S/C6HClF10O2/c7-2(18)1(3(8,9)10)19-6(16,17)4(11,12)5(13,14)15/h1H. The van der Waals surface area contributed by atoms with Crippen molar-refractivity contribution in [3.05, 3.63) is 0 Å². The molecule has 0 bridgehead atoms. The Morgan fingerprint density at radius 3 is 1.47 bits per heavy atom. The highest BCUT2D eigenvalue weighted by Crippen LogP contribution is 2.48. The highest BCUT2D eigenvalue weighted by molar-refractivity contribution is 6.64. The zero-order valence-corrected chi connectivity index (χ0v) is 8.81. The second-order valence-electron chi connectivity index (χ2n) is 2.93. The summed E-state index contributed by atoms with van der Waals surface area (Å²) >= 11 is 4.16. The van der Waals surface area contributed by atoms with Crippen molar-refractivity contribution in [1.29, 1.82) is 0 Å². The van der Waals surface area contributed by atoms with Gasteiger partial charge in [-0.05, 0) is 11.6 Å². The van der Waals surface area contributed by atoms with Gasteiger partial charge in [-0.2, -0.15) is 43.9 Å². The lowest BCUT2D eigenvalue weighted by atomic mass is 10.3. The van der Waals surface area contributed by atoms with Gasteiger partial charge in [0, 0.05) is 0 Å². The van der Waals surface area contributed by atoms with Crippen molar-refractivity contribution in [2.45, 2.75) is 30.5 Å². The largest absolute Gasteiger partial charge is 0.462 e. The van der Waals surface area contributed by atoms with E-state index in [0.29, 0.717) is 0 Å². The Morgan fingerprint density at radius 1 is 0.895 bits per heavy atom. The Labute approximate surface area is 102 Å². The number of ether oxygens (including phenoxy) is 1. The predicted octanol–water partition coefficient (Wildman–Crippen LogP) is 3.49. The van der Waals surface area contributed by atoms with Gasteiger partial charge in [0.1, 0.15) is 0 Å². The molecule has 0 spiro atoms. The molecule has 13 heteroatoms. The van der Waals surface area contributed by atoms with Crippen molar-refractivity contribution in [2.75, 3.05) is 0 Å². The highest BCUT2D eigenvalue weighted by atomic mass is 35.5. The lowest BCUT2D eigenvalue weighted by Gasteiger charge is -2.30. The molecule has 0 radical (unpaired) electrons. The molecule has 0 N–H and O–H groups in total. The molecule has 0 fully saturated rings. The second kappa shape index (κ2) is 4.96. The summed E-state index contributed by atoms with van der Waals surface area (Å²) in [6.45, 7) is 0. The molecule has 0 aromatic heterocycles. The van der Waals surface area contributed by atoms with Crippen molar-refractivity contribution >= 4 is 16.8 Å². The van der Waals surface area contributed by atoms with E-state index in [2.05, 4.69) is 16.3 Å². The van der Waals surface area contributed by atoms with Crippen LogP contribution in [-0.4, -0.2) is 35.7 Å². The van der Waals surface area contributed by atoms with Gasteiger partial charge in [0.05, 0.1) is 0 Å². The number of hydrogen-bond acceptors (Lipinski definition) is 2. The van der Waals surface area contributed by atoms with Crippen LogP contribution in [0.3, 0.4) is 0 Å². The van der Waals surface area contributed by atoms with Crippen molar-refractivity contribution in [2.24, 2.45) is 0 Å². The summed E-state index contributed by atoms with van der Waals surface area (Å²) in [5, 5.41) is -2.73. The van der Waals surface area contributed by atoms with E-state index in [4.69, 9.17) is 0 Å². The van der Waals surface area contributed by atoms with Gasteiger partial charge in [0.25, 0.3) is 5.24 Å². The molecule has 0 heterocycles. The first kappa shape index (κ1) is 18.2. The van der Waals surface area contributed by atoms with Gasteiger partial charge in [0.15, 0.2) is 0 Å². The summed E-state index contributed by atoms with van der Waals surface area (Å²) in [6.07, 6.45) is -23.9. The molecule has 114 valence electrons. The van der Waals surface area contributed by atoms with Crippen molar-refractivity contribution in [3.8, 4) is 0 Å². The Bertz CT molecular complexity index is 345. The zero-order valence-electron chi connectivity index (χ0n) is 8.05. The van der Waals surface area contributed by atoms with Gasteiger partial charge in [-0.25, -0.2) is 0 Å². The molecular formula is C6HClF10O2. The molecule has 1 atom stereocenters. The van der Waals surface area contributed by atoms with Crippen LogP contribution in [0.1, 0.15) is 0 Å². The second-order valence-corrected chi connectivity index (χ2v) is 3.31. The van der Waals surface area contributed by atoms with Crippen LogP contribution >= 0.6 is 11.6 Å². The lowest BCUT2D eigenvalue weighted by Crippen LogP contribution is -2.56. The van der Waals surface area contributed by atoms with Crippen LogP contribution in [0.15, 0.2) is 0 Å². The van der Waals surface area contributed by atoms with Crippen molar-refractivity contribution < 1.29 is 53.4 Å². The van der Waals surface area contributed by atoms with Crippen LogP contribution in [0.2, 0.25) is 0 Å². The van der Waals surface area contributed by atoms with E-state index in [9.17, 15) is 48.7 Å². The van der Waals surface area contributed by atoms with E-state index >= 15 is 0 Å². The van der Waals surface area contributed by atoms with Crippen LogP contribution in [0.4, 0.5) is 43.9 Å². The minimum Gasteiger partial charge on any atom is -0.293 e. The predicted molar refractivity (Wildman–Crippen MR) is 37.7 cm³/mol. The Kier molecular flexibility index (Phi) is 4.76. The maximum Gasteiger partial charge on any atom is 0.462 e. The van der Waals surface area contributed by atoms with E-state index in [-0.39, 0.29) is 0 Å². The maximum absolute atomic E-state index is 12.4. The molecular weight excluding hydrogens is 329 g/mol. The van der Waals surface area contributed by atoms with E-state index in [0.717, 1.165) is 0 Å². The third-order valence-electron chi connectivity index (χ3n) is 1.49. The fourth-order valence-electron chi connectivity index (χ4n) is 0.629. The first-order chi connectivity index (χ1) is 8.04. The van der Waals surface area contributed by atoms with Gasteiger partial charge in [-0.15, -0.1) is 0 Å². The van der Waals surface area contributed by atoms with Crippen LogP contribution in [-0.2, 0) is 9.53 Å². The number of carbonyl (C=O) groups excluding carboxylic acids is 1. The van der Waals surface area contributed by atoms with Crippen LogP contribution in [0.5, 0.6) is 0 Å². The smallest absolute Gasteiger partial charge is 0.293 e. The van der Waals surface area contributed by atoms with E-state index in [1.807, 2.05) is 0 Å². The third-order valence-corrected chi connectivity index (χ3v) is 1.69. The molecule has 0 aliphatic rings. The maximum atomic E-state index is 12.4. The molecule has 0 aromatic carbocycles. The minimum atomic E-state index is -6.95. The quantitative estimate of drug-likeness (QED) is 0.583. The first-order valence-electron chi connectivity index (χ1n) is 3.80. The van der Waals surface area contributed by atoms with Crippen molar-refractivity contribution in [3.63, 3.8) is 0 Å². The molecule has 0 amide bonds. The fraction of sp³-hybridized carbons (Fsp3) is 0.833. The van der Waals surface area contributed by atoms with E-state index in [1.54, 1.807) is 0 Å². The lowest BCUT2D eigenvalue weighted by molar-refractivity contribution is -0.440. The third kappa shape index (κ3) is 3.84. The van der Waals surface area contributed by atoms with Crippen LogP contribution < -0.4 is 0 Å². The van der Waals surface area contributed by atoms with Crippen molar-refractivity contribution in [1.82, 2.24) is 0 Å². The number of hydrogen-bond donors (Lipinski definition) is 0. The Balaban J connectivity index is 5.41. The monoisotopic (exact) mass is 330 g/mol. The minimum absolute atomic E-state index is 2.25. The summed E-state index contributed by atoms with van der Waals surface area (Å²) in [5.41, 5.74) is 0. The van der Waals surface area contributed by atoms with Gasteiger partial charge >= 0.3 is 24.4 Å². The number of rotatable bonds is 4. The molecule has 0 aliphatic heterocycles. The average molecular weight is 331 g/mol. The summed E-state index contributed by atoms with van der Waals surface area (Å²) < 4.78 is 122. The van der Waals surface area contributed by atoms with E-state index < -0.39 is 35.7 Å². The molecule has 0 rings (SSSR count). The molecule has 19 heavy (non-hydrogen) atoms. The SMILES string of the molecule is O=C(Cl)C(OC(F)(F)C(F)(F)C(F)(F)F)C(F)(F)F. The molecule has 0 aromatic rings. The highest BCUT2D eigenvalue weighted by Gasteiger charge is 2.76. The fourth-order valence-corrected chi connectivity index (χ4v) is 0.797. The van der Waals surface area contributed by atoms with Gasteiger partial charge in [-0.1, -0.05) is 0 Å². The van der Waals surface area contributed by atoms with Gasteiger partial charge in [-0.3, -0.25) is 9.53 Å². The summed E-state index contributed by atoms with van der Waals surface area (Å²) in [7, 11) is 0. The average Bonchev–Trinajstić information content (AvgIpc) is 2.09. The molecule has 0 saturated carbocycles. The number of carbonyl (C=O) groups is 1. The molecule has 0 aliphatic carbocycles. The number of halogens is 11. The van der Waals surface area contributed by atoms with Crippen LogP contribution in [0.25, 0.3) is 0 Å². The zero-order chi connectivity index (χ0) is 15.9. The topological polar surface area (TPSA) is 26.3 Å². The Morgan fingerprint density at radius 2 is 1.26 bits per heavy atom. The first-order valence-corrected chi connectivity index (χ1v) is 4.18. The van der Waals surface area contributed by atoms with Gasteiger partial charge < -0.3 is 0 Å². The summed E-state index contributed by atoms with van der Waals surface area (Å²) in [5.74, 6) is -6.95. The van der Waals surface area contributed by atoms with E-state index in [1.165, 1.54) is 0 Å². The van der Waals surface area contributed by atoms with Gasteiger partial charge in [0.2, 0.25) is 6.10 Å².